The summed E-state index contributed by atoms with van der Waals surface area (Å²) in [4.78, 5) is 0. The predicted molar refractivity (Wildman–Crippen MR) is 480 cm³/mol. The molecule has 0 aliphatic heterocycles. The lowest BCUT2D eigenvalue weighted by atomic mass is 9.82. The van der Waals surface area contributed by atoms with E-state index in [1.807, 2.05) is 34.8 Å². The molecule has 0 spiro atoms. The number of hydrogen-bond acceptors (Lipinski definition) is 5. The van der Waals surface area contributed by atoms with Gasteiger partial charge in [-0.25, -0.2) is 0 Å². The fourth-order valence-corrected chi connectivity index (χ4v) is 21.6. The van der Waals surface area contributed by atoms with Crippen LogP contribution >= 0.6 is 22.7 Å². The van der Waals surface area contributed by atoms with E-state index in [1.54, 1.807) is 0 Å². The fraction of sp³-hybridized carbons (Fsp3) is 0.0286. The topological polar surface area (TPSA) is 54.2 Å². The van der Waals surface area contributed by atoms with Gasteiger partial charge >= 0.3 is 0 Å². The molecular formula is C105H63N3O3S2. The number of benzene rings is 18. The first-order valence-electron chi connectivity index (χ1n) is 38.7. The maximum atomic E-state index is 6.73. The molecule has 18 aromatic carbocycles. The van der Waals surface area contributed by atoms with Gasteiger partial charge in [-0.05, 0) is 176 Å². The Morgan fingerprint density at radius 1 is 0.230 bits per heavy atom. The van der Waals surface area contributed by atoms with Crippen molar-refractivity contribution in [1.82, 2.24) is 13.7 Å². The van der Waals surface area contributed by atoms with Gasteiger partial charge in [-0.1, -0.05) is 238 Å². The fourth-order valence-electron chi connectivity index (χ4n) is 19.4. The number of para-hydroxylation sites is 4. The molecular weight excluding hydrogens is 1420 g/mol. The minimum atomic E-state index is -0.0674. The van der Waals surface area contributed by atoms with E-state index in [0.29, 0.717) is 0 Å². The number of hydrogen-bond donors (Lipinski definition) is 0. The molecule has 0 unspecified atom stereocenters. The lowest BCUT2D eigenvalue weighted by Gasteiger charge is -2.22. The van der Waals surface area contributed by atoms with Gasteiger partial charge in [0.25, 0.3) is 0 Å². The van der Waals surface area contributed by atoms with Crippen molar-refractivity contribution in [3.8, 4) is 28.2 Å². The Hall–Kier alpha value is -14.0. The summed E-state index contributed by atoms with van der Waals surface area (Å²) in [6.45, 7) is 4.69. The number of thiophene rings is 2. The number of fused-ring (bicyclic) bond motifs is 35. The molecule has 8 heterocycles. The third-order valence-corrected chi connectivity index (χ3v) is 26.8. The van der Waals surface area contributed by atoms with Crippen LogP contribution in [-0.4, -0.2) is 13.7 Å². The van der Waals surface area contributed by atoms with Gasteiger partial charge in [0.15, 0.2) is 11.2 Å². The Morgan fingerprint density at radius 2 is 0.726 bits per heavy atom. The number of aromatic nitrogens is 3. The van der Waals surface area contributed by atoms with Gasteiger partial charge in [-0.15, -0.1) is 22.7 Å². The van der Waals surface area contributed by atoms with Crippen molar-refractivity contribution in [2.24, 2.45) is 0 Å². The summed E-state index contributed by atoms with van der Waals surface area (Å²) in [5.74, 6) is 0. The first-order chi connectivity index (χ1) is 55.8. The molecule has 1 aliphatic carbocycles. The molecule has 0 N–H and O–H groups in total. The van der Waals surface area contributed by atoms with Crippen molar-refractivity contribution in [2.45, 2.75) is 19.3 Å². The van der Waals surface area contributed by atoms with Crippen LogP contribution in [0.2, 0.25) is 0 Å². The summed E-state index contributed by atoms with van der Waals surface area (Å²) < 4.78 is 32.2. The molecule has 113 heavy (non-hydrogen) atoms. The lowest BCUT2D eigenvalue weighted by molar-refractivity contribution is 0.660. The van der Waals surface area contributed by atoms with Crippen LogP contribution in [0.3, 0.4) is 0 Å². The van der Waals surface area contributed by atoms with Crippen LogP contribution in [0.25, 0.3) is 232 Å². The highest BCUT2D eigenvalue weighted by Crippen LogP contribution is 2.53. The highest BCUT2D eigenvalue weighted by atomic mass is 32.1. The highest BCUT2D eigenvalue weighted by Gasteiger charge is 2.36. The molecule has 8 heteroatoms. The average molecular weight is 1480 g/mol. The zero-order chi connectivity index (χ0) is 74.1. The van der Waals surface area contributed by atoms with Crippen molar-refractivity contribution < 1.29 is 13.3 Å². The summed E-state index contributed by atoms with van der Waals surface area (Å²) in [5, 5.41) is 27.1. The predicted octanol–water partition coefficient (Wildman–Crippen LogP) is 30.6. The Balaban J connectivity index is 0.0000000959. The monoisotopic (exact) mass is 1480 g/mol. The van der Waals surface area contributed by atoms with Crippen LogP contribution in [0.1, 0.15) is 25.0 Å². The summed E-state index contributed by atoms with van der Waals surface area (Å²) in [6.07, 6.45) is 0. The summed E-state index contributed by atoms with van der Waals surface area (Å²) in [5.41, 5.74) is 21.5. The van der Waals surface area contributed by atoms with E-state index < -0.39 is 0 Å². The van der Waals surface area contributed by atoms with Crippen LogP contribution in [0.4, 0.5) is 0 Å². The van der Waals surface area contributed by atoms with E-state index in [9.17, 15) is 0 Å². The standard InChI is InChI=1S/C37H25NO.2C34H19NOS/c1-37(2)29-16-8-5-11-23(29)24-20-19-22(21-30(24)37)38-31-17-9-6-14-27(31)33-25-12-3-4-13-26(25)34-28-15-7-10-18-32(28)39-36(34)35(33)38;1-2-8-22-20(7-1)13-17-28-32(22)26-16-15-25-23-9-3-5-11-29(23)36-34(25)33(26)35(28)21-14-18-31-27(19-21)24-10-4-6-12-30(24)37-31;1-2-8-21-16-29-25(15-20(21)7-1)26-19-32-27(23-9-3-5-11-31(23)36-32)18-30(26)35(29)22-13-14-34-28(17-22)24-10-4-6-12-33(24)37-34/h3-21H,1-2H3;2*1-19H. The zero-order valence-electron chi connectivity index (χ0n) is 61.3. The molecule has 0 saturated carbocycles. The van der Waals surface area contributed by atoms with Crippen molar-refractivity contribution in [3.63, 3.8) is 0 Å². The maximum Gasteiger partial charge on any atom is 0.160 e. The second-order valence-corrected chi connectivity index (χ2v) is 33.0. The number of rotatable bonds is 3. The molecule has 0 saturated heterocycles. The molecule has 8 aromatic heterocycles. The summed E-state index contributed by atoms with van der Waals surface area (Å²) in [6, 6.07) is 125. The van der Waals surface area contributed by atoms with E-state index >= 15 is 0 Å². The van der Waals surface area contributed by atoms with Crippen LogP contribution in [0.15, 0.2) is 359 Å². The second-order valence-electron chi connectivity index (χ2n) is 30.9. The van der Waals surface area contributed by atoms with Gasteiger partial charge in [0.2, 0.25) is 0 Å². The molecule has 0 radical (unpaired) electrons. The molecule has 0 atom stereocenters. The Labute approximate surface area is 653 Å². The van der Waals surface area contributed by atoms with Gasteiger partial charge < -0.3 is 27.0 Å². The van der Waals surface area contributed by atoms with E-state index in [1.165, 1.54) is 160 Å². The van der Waals surface area contributed by atoms with E-state index in [4.69, 9.17) is 13.3 Å². The zero-order valence-corrected chi connectivity index (χ0v) is 62.9. The quantitative estimate of drug-likeness (QED) is 0.177. The van der Waals surface area contributed by atoms with Crippen molar-refractivity contribution in [1.29, 1.82) is 0 Å². The second kappa shape index (κ2) is 23.5. The molecule has 6 nitrogen and oxygen atoms in total. The molecule has 0 amide bonds. The van der Waals surface area contributed by atoms with Crippen LogP contribution in [-0.2, 0) is 5.41 Å². The molecule has 0 fully saturated rings. The Kier molecular flexibility index (Phi) is 13.1. The Morgan fingerprint density at radius 3 is 1.46 bits per heavy atom. The van der Waals surface area contributed by atoms with E-state index in [2.05, 4.69) is 361 Å². The maximum absolute atomic E-state index is 6.73. The van der Waals surface area contributed by atoms with Crippen LogP contribution in [0.5, 0.6) is 0 Å². The van der Waals surface area contributed by atoms with Gasteiger partial charge in [-0.2, -0.15) is 0 Å². The molecule has 26 aromatic rings. The first kappa shape index (κ1) is 62.8. The number of furan rings is 3. The minimum absolute atomic E-state index is 0.0674. The van der Waals surface area contributed by atoms with Crippen molar-refractivity contribution in [3.05, 3.63) is 357 Å². The largest absolute Gasteiger partial charge is 0.456 e. The summed E-state index contributed by atoms with van der Waals surface area (Å²) >= 11 is 3.71. The van der Waals surface area contributed by atoms with Gasteiger partial charge in [0.05, 0.1) is 33.1 Å². The van der Waals surface area contributed by atoms with Crippen molar-refractivity contribution >= 4 is 227 Å². The molecule has 528 valence electrons. The van der Waals surface area contributed by atoms with Crippen molar-refractivity contribution in [2.75, 3.05) is 0 Å². The van der Waals surface area contributed by atoms with Crippen LogP contribution in [0, 0.1) is 0 Å². The first-order valence-corrected chi connectivity index (χ1v) is 40.3. The van der Waals surface area contributed by atoms with E-state index in [0.717, 1.165) is 82.8 Å². The SMILES string of the molecule is CC1(C)c2ccccc2-c2ccc(-n3c4ccccc4c4c5ccccc5c5c6ccccc6oc5c43)cc21.c1ccc2c(c1)ccc1c2c2ccc3c4ccccc4oc3c2n1-c1ccc2sc3ccccc3c2c1.c1ccc2cc3c(cc2c1)c1cc2oc4ccccc4c2cc1n3-c1ccc2sc3ccccc3c2c1. The minimum Gasteiger partial charge on any atom is -0.456 e. The van der Waals surface area contributed by atoms with Gasteiger partial charge in [0.1, 0.15) is 22.3 Å². The third kappa shape index (κ3) is 8.98. The molecule has 27 rings (SSSR count). The average Bonchev–Trinajstić information content (AvgIpc) is 1.54. The number of nitrogens with zero attached hydrogens (tertiary/aromatic N) is 3. The smallest absolute Gasteiger partial charge is 0.160 e. The molecule has 0 bridgehead atoms. The summed E-state index contributed by atoms with van der Waals surface area (Å²) in [7, 11) is 0. The van der Waals surface area contributed by atoms with E-state index in [-0.39, 0.29) is 5.41 Å². The third-order valence-electron chi connectivity index (χ3n) is 24.5. The lowest BCUT2D eigenvalue weighted by Crippen LogP contribution is -2.15. The van der Waals surface area contributed by atoms with Gasteiger partial charge in [-0.3, -0.25) is 0 Å². The normalized spacial score (nSPS) is 12.9. The van der Waals surface area contributed by atoms with Crippen LogP contribution < -0.4 is 0 Å². The highest BCUT2D eigenvalue weighted by molar-refractivity contribution is 7.26. The van der Waals surface area contributed by atoms with Gasteiger partial charge in [0, 0.05) is 127 Å². The Bertz CT molecular complexity index is 8630. The molecule has 1 aliphatic rings.